The van der Waals surface area contributed by atoms with E-state index in [0.29, 0.717) is 13.1 Å². The fraction of sp³-hybridized carbons (Fsp3) is 0.500. The summed E-state index contributed by atoms with van der Waals surface area (Å²) < 4.78 is 0. The van der Waals surface area contributed by atoms with Gasteiger partial charge in [0.1, 0.15) is 0 Å². The van der Waals surface area contributed by atoms with Gasteiger partial charge in [-0.25, -0.2) is 0 Å². The van der Waals surface area contributed by atoms with Gasteiger partial charge in [0.05, 0.1) is 19.1 Å². The topological polar surface area (TPSA) is 55.9 Å². The average molecular weight is 411 g/mol. The molecule has 0 saturated carbocycles. The first-order chi connectivity index (χ1) is 14.5. The monoisotopic (exact) mass is 410 g/mol. The lowest BCUT2D eigenvalue weighted by Gasteiger charge is -2.35. The molecule has 162 valence electrons. The fourth-order valence-electron chi connectivity index (χ4n) is 4.02. The molecule has 2 aromatic carbocycles. The minimum Gasteiger partial charge on any atom is -0.348 e. The van der Waals surface area contributed by atoms with Crippen LogP contribution >= 0.6 is 0 Å². The summed E-state index contributed by atoms with van der Waals surface area (Å²) in [5.74, 6) is 0.235. The Kier molecular flexibility index (Phi) is 7.82. The average Bonchev–Trinajstić information content (AvgIpc) is 2.75. The first-order valence-corrected chi connectivity index (χ1v) is 11.0. The number of amides is 2. The van der Waals surface area contributed by atoms with Crippen LogP contribution in [0.4, 0.5) is 0 Å². The van der Waals surface area contributed by atoms with Gasteiger partial charge in [-0.2, -0.15) is 0 Å². The van der Waals surface area contributed by atoms with Gasteiger partial charge in [-0.1, -0.05) is 36.4 Å². The largest absolute Gasteiger partial charge is 0.348 e. The summed E-state index contributed by atoms with van der Waals surface area (Å²) in [5.41, 5.74) is 1.11. The van der Waals surface area contributed by atoms with Crippen molar-refractivity contribution in [3.05, 3.63) is 48.0 Å². The van der Waals surface area contributed by atoms with Gasteiger partial charge in [0.25, 0.3) is 0 Å². The second-order valence-electron chi connectivity index (χ2n) is 8.01. The number of hydrogen-bond acceptors (Lipinski definition) is 4. The highest BCUT2D eigenvalue weighted by atomic mass is 16.2. The number of benzene rings is 2. The highest BCUT2D eigenvalue weighted by molar-refractivity contribution is 5.83. The van der Waals surface area contributed by atoms with Gasteiger partial charge >= 0.3 is 0 Å². The van der Waals surface area contributed by atoms with Gasteiger partial charge in [0.2, 0.25) is 11.8 Å². The number of carbonyl (C=O) groups excluding carboxylic acids is 2. The van der Waals surface area contributed by atoms with E-state index in [9.17, 15) is 9.59 Å². The lowest BCUT2D eigenvalue weighted by molar-refractivity contribution is -0.133. The molecule has 2 aromatic rings. The van der Waals surface area contributed by atoms with Crippen molar-refractivity contribution in [3.63, 3.8) is 0 Å². The minimum absolute atomic E-state index is 0.0323. The van der Waals surface area contributed by atoms with E-state index >= 15 is 0 Å². The van der Waals surface area contributed by atoms with Crippen LogP contribution in [-0.2, 0) is 9.59 Å². The molecule has 0 aliphatic carbocycles. The predicted molar refractivity (Wildman–Crippen MR) is 121 cm³/mol. The summed E-state index contributed by atoms with van der Waals surface area (Å²) in [5, 5.41) is 5.52. The van der Waals surface area contributed by atoms with Crippen LogP contribution in [0.1, 0.15) is 32.4 Å². The molecule has 30 heavy (non-hydrogen) atoms. The molecule has 1 aliphatic heterocycles. The maximum atomic E-state index is 12.6. The Hall–Kier alpha value is -2.44. The van der Waals surface area contributed by atoms with E-state index in [4.69, 9.17) is 0 Å². The van der Waals surface area contributed by atoms with Crippen molar-refractivity contribution < 1.29 is 9.59 Å². The van der Waals surface area contributed by atoms with Crippen molar-refractivity contribution >= 4 is 22.6 Å². The van der Waals surface area contributed by atoms with Crippen LogP contribution in [0.2, 0.25) is 0 Å². The zero-order valence-electron chi connectivity index (χ0n) is 18.4. The number of fused-ring (bicyclic) bond motifs is 1. The van der Waals surface area contributed by atoms with Crippen molar-refractivity contribution in [2.24, 2.45) is 0 Å². The molecule has 3 rings (SSSR count). The molecule has 1 saturated heterocycles. The highest BCUT2D eigenvalue weighted by Crippen LogP contribution is 2.20. The van der Waals surface area contributed by atoms with Gasteiger partial charge in [-0.3, -0.25) is 19.4 Å². The molecule has 6 nitrogen and oxygen atoms in total. The number of nitrogens with one attached hydrogen (secondary N) is 1. The third kappa shape index (κ3) is 5.80. The molecular weight excluding hydrogens is 376 g/mol. The summed E-state index contributed by atoms with van der Waals surface area (Å²) in [6, 6.07) is 14.6. The lowest BCUT2D eigenvalue weighted by Crippen LogP contribution is -2.52. The zero-order chi connectivity index (χ0) is 21.5. The van der Waals surface area contributed by atoms with Crippen LogP contribution in [0.25, 0.3) is 10.8 Å². The van der Waals surface area contributed by atoms with E-state index in [-0.39, 0.29) is 17.9 Å². The normalized spacial score (nSPS) is 16.4. The molecule has 1 N–H and O–H groups in total. The number of rotatable bonds is 8. The molecule has 0 aromatic heterocycles. The maximum absolute atomic E-state index is 12.6. The summed E-state index contributed by atoms with van der Waals surface area (Å²) in [7, 11) is 0. The highest BCUT2D eigenvalue weighted by Gasteiger charge is 2.22. The number of nitrogens with zero attached hydrogens (tertiary/aromatic N) is 3. The van der Waals surface area contributed by atoms with Gasteiger partial charge in [-0.05, 0) is 43.2 Å². The van der Waals surface area contributed by atoms with E-state index in [2.05, 4.69) is 45.4 Å². The molecule has 1 fully saturated rings. The first kappa shape index (κ1) is 22.2. The van der Waals surface area contributed by atoms with E-state index < -0.39 is 0 Å². The molecule has 1 aliphatic rings. The van der Waals surface area contributed by atoms with Gasteiger partial charge < -0.3 is 10.2 Å². The van der Waals surface area contributed by atoms with E-state index in [1.807, 2.05) is 37.8 Å². The smallest absolute Gasteiger partial charge is 0.236 e. The van der Waals surface area contributed by atoms with Crippen LogP contribution in [0.5, 0.6) is 0 Å². The van der Waals surface area contributed by atoms with Crippen LogP contribution in [0, 0.1) is 0 Å². The minimum atomic E-state index is -0.0323. The molecule has 1 unspecified atom stereocenters. The quantitative estimate of drug-likeness (QED) is 0.727. The Labute approximate surface area is 179 Å². The summed E-state index contributed by atoms with van der Waals surface area (Å²) in [4.78, 5) is 31.1. The molecular formula is C24H34N4O2. The number of carbonyl (C=O) groups is 2. The van der Waals surface area contributed by atoms with Gasteiger partial charge in [0.15, 0.2) is 0 Å². The van der Waals surface area contributed by atoms with Crippen molar-refractivity contribution in [3.8, 4) is 0 Å². The second kappa shape index (κ2) is 10.5. The van der Waals surface area contributed by atoms with Crippen LogP contribution in [0.3, 0.4) is 0 Å². The van der Waals surface area contributed by atoms with Crippen LogP contribution in [-0.4, -0.2) is 78.9 Å². The standard InChI is InChI=1S/C24H34N4O2/c1-4-28(5-2)24(30)18-27-14-12-26(13-15-27)17-23(29)25-19(3)21-11-10-20-8-6-7-9-22(20)16-21/h6-11,16,19H,4-5,12-15,17-18H2,1-3H3,(H,25,29). The number of likely N-dealkylation sites (N-methyl/N-ethyl adjacent to an activating group) is 1. The van der Waals surface area contributed by atoms with Crippen molar-refractivity contribution in [1.82, 2.24) is 20.0 Å². The van der Waals surface area contributed by atoms with Crippen LogP contribution < -0.4 is 5.32 Å². The summed E-state index contributed by atoms with van der Waals surface area (Å²) >= 11 is 0. The Morgan fingerprint density at radius 1 is 0.933 bits per heavy atom. The Balaban J connectivity index is 1.44. The molecule has 1 atom stereocenters. The van der Waals surface area contributed by atoms with E-state index in [1.54, 1.807) is 0 Å². The number of piperazine rings is 1. The number of hydrogen-bond donors (Lipinski definition) is 1. The van der Waals surface area contributed by atoms with Crippen molar-refractivity contribution in [2.45, 2.75) is 26.8 Å². The van der Waals surface area contributed by atoms with E-state index in [0.717, 1.165) is 44.8 Å². The summed E-state index contributed by atoms with van der Waals surface area (Å²) in [6.07, 6.45) is 0. The van der Waals surface area contributed by atoms with Gasteiger partial charge in [0, 0.05) is 39.3 Å². The third-order valence-corrected chi connectivity index (χ3v) is 5.96. The lowest BCUT2D eigenvalue weighted by atomic mass is 10.0. The van der Waals surface area contributed by atoms with Crippen LogP contribution in [0.15, 0.2) is 42.5 Å². The maximum Gasteiger partial charge on any atom is 0.236 e. The Bertz CT molecular complexity index is 857. The third-order valence-electron chi connectivity index (χ3n) is 5.96. The molecule has 0 radical (unpaired) electrons. The molecule has 6 heteroatoms. The fourth-order valence-corrected chi connectivity index (χ4v) is 4.02. The molecule has 0 bridgehead atoms. The first-order valence-electron chi connectivity index (χ1n) is 11.0. The van der Waals surface area contributed by atoms with Crippen molar-refractivity contribution in [1.29, 1.82) is 0 Å². The van der Waals surface area contributed by atoms with Gasteiger partial charge in [-0.15, -0.1) is 0 Å². The summed E-state index contributed by atoms with van der Waals surface area (Å²) in [6.45, 7) is 11.7. The molecule has 0 spiro atoms. The van der Waals surface area contributed by atoms with E-state index in [1.165, 1.54) is 10.8 Å². The molecule has 2 amide bonds. The zero-order valence-corrected chi connectivity index (χ0v) is 18.4. The Morgan fingerprint density at radius 2 is 1.53 bits per heavy atom. The Morgan fingerprint density at radius 3 is 2.17 bits per heavy atom. The predicted octanol–water partition coefficient (Wildman–Crippen LogP) is 2.50. The second-order valence-corrected chi connectivity index (χ2v) is 8.01. The SMILES string of the molecule is CCN(CC)C(=O)CN1CCN(CC(=O)NC(C)c2ccc3ccccc3c2)CC1. The molecule has 1 heterocycles. The van der Waals surface area contributed by atoms with Crippen molar-refractivity contribution in [2.75, 3.05) is 52.4 Å².